The Labute approximate surface area is 85.0 Å². The molecule has 2 saturated carbocycles. The third-order valence-electron chi connectivity index (χ3n) is 3.84. The Hall–Kier alpha value is -0.600. The number of aliphatic hydroxyl groups is 2. The number of hydrogen-bond acceptors (Lipinski definition) is 2. The summed E-state index contributed by atoms with van der Waals surface area (Å²) in [7, 11) is 0. The van der Waals surface area contributed by atoms with Crippen molar-refractivity contribution in [2.24, 2.45) is 5.41 Å². The second kappa shape index (κ2) is 2.94. The SMILES string of the molecule is C=C1CC2(O)CC(=C)CC2(CCO)C1. The highest BCUT2D eigenvalue weighted by molar-refractivity contribution is 5.30. The third-order valence-corrected chi connectivity index (χ3v) is 3.84. The first-order valence-corrected chi connectivity index (χ1v) is 5.18. The first-order chi connectivity index (χ1) is 6.51. The predicted molar refractivity (Wildman–Crippen MR) is 55.8 cm³/mol. The zero-order valence-electron chi connectivity index (χ0n) is 8.55. The van der Waals surface area contributed by atoms with Gasteiger partial charge in [0, 0.05) is 12.0 Å². The van der Waals surface area contributed by atoms with E-state index in [1.54, 1.807) is 0 Å². The first-order valence-electron chi connectivity index (χ1n) is 5.18. The number of rotatable bonds is 2. The lowest BCUT2D eigenvalue weighted by Crippen LogP contribution is -2.39. The van der Waals surface area contributed by atoms with Gasteiger partial charge in [0.2, 0.25) is 0 Å². The Balaban J connectivity index is 2.34. The fourth-order valence-corrected chi connectivity index (χ4v) is 3.36. The van der Waals surface area contributed by atoms with Gasteiger partial charge in [0.05, 0.1) is 5.60 Å². The summed E-state index contributed by atoms with van der Waals surface area (Å²) in [6.45, 7) is 8.07. The summed E-state index contributed by atoms with van der Waals surface area (Å²) in [5.41, 5.74) is 1.42. The van der Waals surface area contributed by atoms with Crippen molar-refractivity contribution in [2.45, 2.75) is 37.7 Å². The van der Waals surface area contributed by atoms with Crippen molar-refractivity contribution < 1.29 is 10.2 Å². The van der Waals surface area contributed by atoms with Gasteiger partial charge in [-0.15, -0.1) is 0 Å². The fourth-order valence-electron chi connectivity index (χ4n) is 3.36. The Bertz CT molecular complexity index is 271. The van der Waals surface area contributed by atoms with Crippen molar-refractivity contribution in [3.63, 3.8) is 0 Å². The van der Waals surface area contributed by atoms with Crippen molar-refractivity contribution in [2.75, 3.05) is 6.61 Å². The van der Waals surface area contributed by atoms with Gasteiger partial charge in [0.25, 0.3) is 0 Å². The molecule has 2 N–H and O–H groups in total. The van der Waals surface area contributed by atoms with Crippen molar-refractivity contribution in [3.8, 4) is 0 Å². The summed E-state index contributed by atoms with van der Waals surface area (Å²) in [4.78, 5) is 0. The third kappa shape index (κ3) is 1.17. The molecule has 2 aliphatic rings. The minimum absolute atomic E-state index is 0.142. The van der Waals surface area contributed by atoms with Crippen LogP contribution in [0.5, 0.6) is 0 Å². The van der Waals surface area contributed by atoms with E-state index in [0.717, 1.165) is 24.0 Å². The average Bonchev–Trinajstić information content (AvgIpc) is 2.33. The largest absolute Gasteiger partial charge is 0.396 e. The van der Waals surface area contributed by atoms with Gasteiger partial charge < -0.3 is 10.2 Å². The normalized spacial score (nSPS) is 41.9. The van der Waals surface area contributed by atoms with Crippen molar-refractivity contribution >= 4 is 0 Å². The lowest BCUT2D eigenvalue weighted by atomic mass is 9.74. The molecule has 2 rings (SSSR count). The molecule has 0 atom stereocenters. The van der Waals surface area contributed by atoms with Gasteiger partial charge in [-0.05, 0) is 32.1 Å². The predicted octanol–water partition coefficient (Wildman–Crippen LogP) is 1.79. The van der Waals surface area contributed by atoms with Crippen LogP contribution in [0.4, 0.5) is 0 Å². The van der Waals surface area contributed by atoms with Crippen molar-refractivity contribution in [3.05, 3.63) is 24.3 Å². The fraction of sp³-hybridized carbons (Fsp3) is 0.667. The van der Waals surface area contributed by atoms with Gasteiger partial charge >= 0.3 is 0 Å². The number of hydrogen-bond donors (Lipinski definition) is 2. The molecule has 2 aliphatic carbocycles. The molecule has 78 valence electrons. The lowest BCUT2D eigenvalue weighted by molar-refractivity contribution is -0.0470. The molecular weight excluding hydrogens is 176 g/mol. The van der Waals surface area contributed by atoms with E-state index in [9.17, 15) is 5.11 Å². The maximum atomic E-state index is 10.5. The molecule has 0 unspecified atom stereocenters. The standard InChI is InChI=1S/C12H18O2/c1-9-5-11(3-4-13)6-10(2)8-12(11,14)7-9/h13-14H,1-8H2. The maximum absolute atomic E-state index is 10.5. The Morgan fingerprint density at radius 1 is 1.07 bits per heavy atom. The highest BCUT2D eigenvalue weighted by Crippen LogP contribution is 2.61. The van der Waals surface area contributed by atoms with Gasteiger partial charge in [-0.25, -0.2) is 0 Å². The van der Waals surface area contributed by atoms with Crippen LogP contribution in [0.25, 0.3) is 0 Å². The molecule has 0 bridgehead atoms. The molecule has 14 heavy (non-hydrogen) atoms. The van der Waals surface area contributed by atoms with Crippen LogP contribution in [0.2, 0.25) is 0 Å². The van der Waals surface area contributed by atoms with Crippen LogP contribution < -0.4 is 0 Å². The smallest absolute Gasteiger partial charge is 0.0784 e. The quantitative estimate of drug-likeness (QED) is 0.658. The van der Waals surface area contributed by atoms with E-state index in [-0.39, 0.29) is 12.0 Å². The van der Waals surface area contributed by atoms with Crippen LogP contribution in [0, 0.1) is 5.41 Å². The molecule has 2 nitrogen and oxygen atoms in total. The van der Waals surface area contributed by atoms with E-state index in [1.165, 1.54) is 0 Å². The second-order valence-corrected chi connectivity index (χ2v) is 4.99. The van der Waals surface area contributed by atoms with Crippen molar-refractivity contribution in [1.29, 1.82) is 0 Å². The van der Waals surface area contributed by atoms with E-state index in [2.05, 4.69) is 13.2 Å². The summed E-state index contributed by atoms with van der Waals surface area (Å²) in [6.07, 6.45) is 3.74. The molecule has 0 radical (unpaired) electrons. The number of aliphatic hydroxyl groups excluding tert-OH is 1. The highest BCUT2D eigenvalue weighted by Gasteiger charge is 2.58. The molecule has 0 heterocycles. The summed E-state index contributed by atoms with van der Waals surface area (Å²) in [5.74, 6) is 0. The summed E-state index contributed by atoms with van der Waals surface area (Å²) in [6, 6.07) is 0. The average molecular weight is 194 g/mol. The first kappa shape index (κ1) is 9.94. The molecule has 2 heteroatoms. The minimum Gasteiger partial charge on any atom is -0.396 e. The molecule has 0 spiro atoms. The summed E-state index contributed by atoms with van der Waals surface area (Å²) >= 11 is 0. The Morgan fingerprint density at radius 2 is 1.57 bits per heavy atom. The molecule has 2 fully saturated rings. The Kier molecular flexibility index (Phi) is 2.09. The zero-order chi connectivity index (χ0) is 10.4. The second-order valence-electron chi connectivity index (χ2n) is 4.99. The molecule has 0 saturated heterocycles. The molecule has 0 aromatic rings. The van der Waals surface area contributed by atoms with Gasteiger partial charge in [-0.1, -0.05) is 24.3 Å². The van der Waals surface area contributed by atoms with Crippen LogP contribution >= 0.6 is 0 Å². The molecular formula is C12H18O2. The van der Waals surface area contributed by atoms with Gasteiger partial charge in [0.15, 0.2) is 0 Å². The molecule has 0 aromatic heterocycles. The lowest BCUT2D eigenvalue weighted by Gasteiger charge is -2.35. The van der Waals surface area contributed by atoms with Crippen molar-refractivity contribution in [1.82, 2.24) is 0 Å². The topological polar surface area (TPSA) is 40.5 Å². The van der Waals surface area contributed by atoms with Gasteiger partial charge in [0.1, 0.15) is 0 Å². The van der Waals surface area contributed by atoms with Crippen LogP contribution in [0.3, 0.4) is 0 Å². The van der Waals surface area contributed by atoms with E-state index >= 15 is 0 Å². The van der Waals surface area contributed by atoms with Gasteiger partial charge in [-0.3, -0.25) is 0 Å². The van der Waals surface area contributed by atoms with E-state index < -0.39 is 5.60 Å². The van der Waals surface area contributed by atoms with Crippen LogP contribution in [-0.2, 0) is 0 Å². The van der Waals surface area contributed by atoms with E-state index in [4.69, 9.17) is 5.11 Å². The summed E-state index contributed by atoms with van der Waals surface area (Å²) < 4.78 is 0. The molecule has 0 aromatic carbocycles. The van der Waals surface area contributed by atoms with Crippen LogP contribution in [-0.4, -0.2) is 22.4 Å². The highest BCUT2D eigenvalue weighted by atomic mass is 16.3. The zero-order valence-corrected chi connectivity index (χ0v) is 8.55. The monoisotopic (exact) mass is 194 g/mol. The Morgan fingerprint density at radius 3 is 2.00 bits per heavy atom. The minimum atomic E-state index is -0.663. The van der Waals surface area contributed by atoms with Crippen LogP contribution in [0.1, 0.15) is 32.1 Å². The number of fused-ring (bicyclic) bond motifs is 1. The van der Waals surface area contributed by atoms with E-state index in [0.29, 0.717) is 19.3 Å². The molecule has 0 aliphatic heterocycles. The van der Waals surface area contributed by atoms with Crippen LogP contribution in [0.15, 0.2) is 24.3 Å². The van der Waals surface area contributed by atoms with E-state index in [1.807, 2.05) is 0 Å². The summed E-state index contributed by atoms with van der Waals surface area (Å²) in [5, 5.41) is 19.6. The maximum Gasteiger partial charge on any atom is 0.0784 e. The molecule has 0 amide bonds. The van der Waals surface area contributed by atoms with Gasteiger partial charge in [-0.2, -0.15) is 0 Å².